The lowest BCUT2D eigenvalue weighted by Crippen LogP contribution is -2.52. The van der Waals surface area contributed by atoms with E-state index in [0.29, 0.717) is 0 Å². The van der Waals surface area contributed by atoms with Crippen LogP contribution in [0.25, 0.3) is 0 Å². The number of nitrogens with one attached hydrogen (secondary N) is 1. The minimum atomic E-state index is -0.550. The van der Waals surface area contributed by atoms with Crippen LogP contribution in [-0.2, 0) is 9.53 Å². The van der Waals surface area contributed by atoms with Crippen LogP contribution in [0.4, 0.5) is 0 Å². The highest BCUT2D eigenvalue weighted by Gasteiger charge is 2.35. The van der Waals surface area contributed by atoms with Gasteiger partial charge < -0.3 is 15.0 Å². The molecule has 0 aromatic heterocycles. The van der Waals surface area contributed by atoms with Crippen molar-refractivity contribution < 1.29 is 9.53 Å². The van der Waals surface area contributed by atoms with E-state index in [0.717, 1.165) is 32.1 Å². The molecule has 1 N–H and O–H groups in total. The molecule has 0 aliphatic heterocycles. The molecule has 0 heterocycles. The Morgan fingerprint density at radius 3 is 2.53 bits per heavy atom. The Labute approximate surface area is 105 Å². The van der Waals surface area contributed by atoms with E-state index in [4.69, 9.17) is 4.74 Å². The molecule has 1 fully saturated rings. The number of hydrogen-bond donors (Lipinski definition) is 1. The number of rotatable bonds is 8. The standard InChI is InChI=1S/C13H26N2O2/c1-5-14-13(3,12(16)17-4)9-10-15(6-2)11-7-8-11/h11,14H,5-10H2,1-4H3. The van der Waals surface area contributed by atoms with Crippen molar-refractivity contribution in [2.75, 3.05) is 26.7 Å². The third-order valence-electron chi connectivity index (χ3n) is 3.57. The molecule has 4 heteroatoms. The maximum Gasteiger partial charge on any atom is 0.325 e. The van der Waals surface area contributed by atoms with E-state index < -0.39 is 5.54 Å². The Morgan fingerprint density at radius 1 is 1.47 bits per heavy atom. The summed E-state index contributed by atoms with van der Waals surface area (Å²) in [5, 5.41) is 3.25. The molecule has 1 aliphatic rings. The van der Waals surface area contributed by atoms with Crippen LogP contribution in [0.2, 0.25) is 0 Å². The van der Waals surface area contributed by atoms with Gasteiger partial charge in [-0.1, -0.05) is 13.8 Å². The summed E-state index contributed by atoms with van der Waals surface area (Å²) in [7, 11) is 1.45. The van der Waals surface area contributed by atoms with Crippen LogP contribution in [0, 0.1) is 0 Å². The van der Waals surface area contributed by atoms with Crippen molar-refractivity contribution in [1.82, 2.24) is 10.2 Å². The second-order valence-electron chi connectivity index (χ2n) is 4.96. The zero-order valence-electron chi connectivity index (χ0n) is 11.6. The number of esters is 1. The molecule has 1 aliphatic carbocycles. The van der Waals surface area contributed by atoms with E-state index in [9.17, 15) is 4.79 Å². The molecule has 0 bridgehead atoms. The van der Waals surface area contributed by atoms with Crippen LogP contribution in [0.15, 0.2) is 0 Å². The number of carbonyl (C=O) groups is 1. The number of methoxy groups -OCH3 is 1. The normalized spacial score (nSPS) is 19.1. The zero-order valence-corrected chi connectivity index (χ0v) is 11.6. The van der Waals surface area contributed by atoms with Crippen molar-refractivity contribution in [3.63, 3.8) is 0 Å². The molecule has 0 aromatic carbocycles. The summed E-state index contributed by atoms with van der Waals surface area (Å²) in [5.74, 6) is -0.161. The van der Waals surface area contributed by atoms with Crippen LogP contribution in [0.3, 0.4) is 0 Å². The lowest BCUT2D eigenvalue weighted by Gasteiger charge is -2.30. The largest absolute Gasteiger partial charge is 0.468 e. The first-order chi connectivity index (χ1) is 8.07. The number of carbonyl (C=O) groups excluding carboxylic acids is 1. The molecular weight excluding hydrogens is 216 g/mol. The third kappa shape index (κ3) is 3.96. The van der Waals surface area contributed by atoms with E-state index in [1.54, 1.807) is 0 Å². The monoisotopic (exact) mass is 242 g/mol. The second-order valence-corrected chi connectivity index (χ2v) is 4.96. The summed E-state index contributed by atoms with van der Waals surface area (Å²) in [6.45, 7) is 8.93. The average Bonchev–Trinajstić information content (AvgIpc) is 3.13. The van der Waals surface area contributed by atoms with Crippen LogP contribution < -0.4 is 5.32 Å². The first kappa shape index (κ1) is 14.5. The fraction of sp³-hybridized carbons (Fsp3) is 0.923. The summed E-state index contributed by atoms with van der Waals surface area (Å²) in [6, 6.07) is 0.753. The van der Waals surface area contributed by atoms with E-state index in [1.807, 2.05) is 13.8 Å². The fourth-order valence-electron chi connectivity index (χ4n) is 2.28. The van der Waals surface area contributed by atoms with Gasteiger partial charge in [-0.2, -0.15) is 0 Å². The lowest BCUT2D eigenvalue weighted by atomic mass is 9.97. The Kier molecular flexibility index (Phi) is 5.40. The van der Waals surface area contributed by atoms with Gasteiger partial charge in [0, 0.05) is 12.6 Å². The molecule has 0 saturated heterocycles. The highest BCUT2D eigenvalue weighted by Crippen LogP contribution is 2.27. The van der Waals surface area contributed by atoms with E-state index >= 15 is 0 Å². The predicted octanol–water partition coefficient (Wildman–Crippen LogP) is 1.40. The van der Waals surface area contributed by atoms with Gasteiger partial charge in [0.1, 0.15) is 5.54 Å². The van der Waals surface area contributed by atoms with Gasteiger partial charge in [0.05, 0.1) is 7.11 Å². The molecule has 0 aromatic rings. The molecule has 1 saturated carbocycles. The molecule has 0 spiro atoms. The van der Waals surface area contributed by atoms with Gasteiger partial charge in [-0.05, 0) is 39.3 Å². The van der Waals surface area contributed by atoms with Gasteiger partial charge in [-0.25, -0.2) is 0 Å². The minimum Gasteiger partial charge on any atom is -0.468 e. The molecule has 100 valence electrons. The predicted molar refractivity (Wildman–Crippen MR) is 69.0 cm³/mol. The summed E-state index contributed by atoms with van der Waals surface area (Å²) in [4.78, 5) is 14.3. The van der Waals surface area contributed by atoms with Gasteiger partial charge >= 0.3 is 5.97 Å². The Morgan fingerprint density at radius 2 is 2.12 bits per heavy atom. The first-order valence-electron chi connectivity index (χ1n) is 6.64. The Hall–Kier alpha value is -0.610. The smallest absolute Gasteiger partial charge is 0.325 e. The van der Waals surface area contributed by atoms with Crippen LogP contribution >= 0.6 is 0 Å². The van der Waals surface area contributed by atoms with Crippen molar-refractivity contribution in [2.45, 2.75) is 51.6 Å². The van der Waals surface area contributed by atoms with Gasteiger partial charge in [0.2, 0.25) is 0 Å². The summed E-state index contributed by atoms with van der Waals surface area (Å²) in [5.41, 5.74) is -0.550. The highest BCUT2D eigenvalue weighted by molar-refractivity contribution is 5.80. The fourth-order valence-corrected chi connectivity index (χ4v) is 2.28. The van der Waals surface area contributed by atoms with Gasteiger partial charge in [0.25, 0.3) is 0 Å². The van der Waals surface area contributed by atoms with Crippen LogP contribution in [0.1, 0.15) is 40.0 Å². The summed E-state index contributed by atoms with van der Waals surface area (Å²) in [6.07, 6.45) is 3.42. The summed E-state index contributed by atoms with van der Waals surface area (Å²) >= 11 is 0. The van der Waals surface area contributed by atoms with Crippen molar-refractivity contribution in [1.29, 1.82) is 0 Å². The Balaban J connectivity index is 2.50. The molecule has 1 rings (SSSR count). The van der Waals surface area contributed by atoms with Gasteiger partial charge in [-0.15, -0.1) is 0 Å². The van der Waals surface area contributed by atoms with E-state index in [-0.39, 0.29) is 5.97 Å². The second kappa shape index (κ2) is 6.36. The summed E-state index contributed by atoms with van der Waals surface area (Å²) < 4.78 is 4.89. The molecule has 1 atom stereocenters. The first-order valence-corrected chi connectivity index (χ1v) is 6.64. The molecular formula is C13H26N2O2. The number of likely N-dealkylation sites (N-methyl/N-ethyl adjacent to an activating group) is 1. The van der Waals surface area contributed by atoms with Gasteiger partial charge in [0.15, 0.2) is 0 Å². The van der Waals surface area contributed by atoms with Crippen LogP contribution in [0.5, 0.6) is 0 Å². The maximum atomic E-state index is 11.8. The average molecular weight is 242 g/mol. The van der Waals surface area contributed by atoms with Gasteiger partial charge in [-0.3, -0.25) is 4.79 Å². The number of hydrogen-bond acceptors (Lipinski definition) is 4. The quantitative estimate of drug-likeness (QED) is 0.653. The third-order valence-corrected chi connectivity index (χ3v) is 3.57. The number of ether oxygens (including phenoxy) is 1. The minimum absolute atomic E-state index is 0.161. The molecule has 4 nitrogen and oxygen atoms in total. The van der Waals surface area contributed by atoms with Crippen LogP contribution in [-0.4, -0.2) is 49.2 Å². The molecule has 1 unspecified atom stereocenters. The zero-order chi connectivity index (χ0) is 12.9. The van der Waals surface area contributed by atoms with E-state index in [1.165, 1.54) is 20.0 Å². The Bertz CT molecular complexity index is 254. The lowest BCUT2D eigenvalue weighted by molar-refractivity contribution is -0.148. The van der Waals surface area contributed by atoms with Crippen molar-refractivity contribution in [3.8, 4) is 0 Å². The SMILES string of the molecule is CCNC(C)(CCN(CC)C1CC1)C(=O)OC. The van der Waals surface area contributed by atoms with Crippen molar-refractivity contribution in [2.24, 2.45) is 0 Å². The van der Waals surface area contributed by atoms with E-state index in [2.05, 4.69) is 17.1 Å². The molecule has 0 radical (unpaired) electrons. The maximum absolute atomic E-state index is 11.8. The number of nitrogens with zero attached hydrogens (tertiary/aromatic N) is 1. The van der Waals surface area contributed by atoms with Crippen molar-refractivity contribution in [3.05, 3.63) is 0 Å². The molecule has 17 heavy (non-hydrogen) atoms. The topological polar surface area (TPSA) is 41.6 Å². The van der Waals surface area contributed by atoms with Crippen molar-refractivity contribution >= 4 is 5.97 Å². The molecule has 0 amide bonds. The highest BCUT2D eigenvalue weighted by atomic mass is 16.5.